The molecule has 0 bridgehead atoms. The second kappa shape index (κ2) is 6.00. The summed E-state index contributed by atoms with van der Waals surface area (Å²) in [5.74, 6) is 1.90. The van der Waals surface area contributed by atoms with Crippen LogP contribution in [0.1, 0.15) is 39.0 Å². The Bertz CT molecular complexity index is 639. The molecule has 0 atom stereocenters. The lowest BCUT2D eigenvalue weighted by atomic mass is 10.2. The SMILES string of the molecule is CCCOc1cccc2c1[nH]c(=S)n2CCCC1CC1. The first-order chi connectivity index (χ1) is 9.79. The Kier molecular flexibility index (Phi) is 4.10. The molecule has 3 nitrogen and oxygen atoms in total. The summed E-state index contributed by atoms with van der Waals surface area (Å²) < 4.78 is 8.82. The molecule has 0 unspecified atom stereocenters. The average Bonchev–Trinajstić information content (AvgIpc) is 3.21. The topological polar surface area (TPSA) is 29.9 Å². The first-order valence-electron chi connectivity index (χ1n) is 7.64. The minimum atomic E-state index is 0.743. The summed E-state index contributed by atoms with van der Waals surface area (Å²) in [6, 6.07) is 6.18. The third-order valence-electron chi connectivity index (χ3n) is 3.92. The summed E-state index contributed by atoms with van der Waals surface area (Å²) >= 11 is 5.47. The van der Waals surface area contributed by atoms with Crippen LogP contribution < -0.4 is 4.74 Å². The van der Waals surface area contributed by atoms with Crippen LogP contribution in [0.3, 0.4) is 0 Å². The molecule has 1 saturated carbocycles. The summed E-state index contributed by atoms with van der Waals surface area (Å²) in [5, 5.41) is 0. The summed E-state index contributed by atoms with van der Waals surface area (Å²) in [7, 11) is 0. The van der Waals surface area contributed by atoms with Gasteiger partial charge in [0, 0.05) is 6.54 Å². The number of imidazole rings is 1. The van der Waals surface area contributed by atoms with Crippen LogP contribution in [0.15, 0.2) is 18.2 Å². The van der Waals surface area contributed by atoms with Gasteiger partial charge in [-0.3, -0.25) is 0 Å². The molecule has 0 aliphatic heterocycles. The molecule has 1 N–H and O–H groups in total. The minimum absolute atomic E-state index is 0.743. The number of hydrogen-bond acceptors (Lipinski definition) is 2. The highest BCUT2D eigenvalue weighted by Crippen LogP contribution is 2.34. The number of aryl methyl sites for hydroxylation is 1. The van der Waals surface area contributed by atoms with Crippen LogP contribution in [0, 0.1) is 10.7 Å². The van der Waals surface area contributed by atoms with E-state index in [1.807, 2.05) is 12.1 Å². The Hall–Kier alpha value is -1.29. The smallest absolute Gasteiger partial charge is 0.178 e. The molecule has 0 amide bonds. The number of hydrogen-bond donors (Lipinski definition) is 1. The van der Waals surface area contributed by atoms with Gasteiger partial charge in [0.15, 0.2) is 4.77 Å². The maximum absolute atomic E-state index is 5.80. The van der Waals surface area contributed by atoms with E-state index in [0.717, 1.165) is 41.5 Å². The number of nitrogens with zero attached hydrogens (tertiary/aromatic N) is 1. The molecule has 0 saturated heterocycles. The van der Waals surface area contributed by atoms with Crippen LogP contribution in [0.5, 0.6) is 5.75 Å². The standard InChI is InChI=1S/C16H22N2OS/c1-2-11-19-14-7-3-6-13-15(14)17-16(20)18(13)10-4-5-12-8-9-12/h3,6-7,12H,2,4-5,8-11H2,1H3,(H,17,20). The van der Waals surface area contributed by atoms with Gasteiger partial charge in [0.25, 0.3) is 0 Å². The molecular formula is C16H22N2OS. The van der Waals surface area contributed by atoms with Crippen LogP contribution in [0.2, 0.25) is 0 Å². The third kappa shape index (κ3) is 2.90. The molecule has 1 heterocycles. The van der Waals surface area contributed by atoms with E-state index in [-0.39, 0.29) is 0 Å². The fraction of sp³-hybridized carbons (Fsp3) is 0.562. The summed E-state index contributed by atoms with van der Waals surface area (Å²) in [4.78, 5) is 3.31. The second-order valence-electron chi connectivity index (χ2n) is 5.67. The molecule has 1 aromatic carbocycles. The number of aromatic nitrogens is 2. The lowest BCUT2D eigenvalue weighted by Crippen LogP contribution is -1.99. The van der Waals surface area contributed by atoms with Gasteiger partial charge < -0.3 is 14.3 Å². The predicted molar refractivity (Wildman–Crippen MR) is 84.9 cm³/mol. The van der Waals surface area contributed by atoms with Gasteiger partial charge in [-0.15, -0.1) is 0 Å². The Balaban J connectivity index is 1.83. The molecular weight excluding hydrogens is 268 g/mol. The van der Waals surface area contributed by atoms with Crippen LogP contribution in [-0.4, -0.2) is 16.2 Å². The molecule has 108 valence electrons. The van der Waals surface area contributed by atoms with E-state index in [4.69, 9.17) is 17.0 Å². The molecule has 2 aromatic rings. The number of H-pyrrole nitrogens is 1. The molecule has 1 fully saturated rings. The van der Waals surface area contributed by atoms with E-state index in [0.29, 0.717) is 0 Å². The van der Waals surface area contributed by atoms with Crippen LogP contribution in [-0.2, 0) is 6.54 Å². The Morgan fingerprint density at radius 3 is 3.00 bits per heavy atom. The molecule has 4 heteroatoms. The Morgan fingerprint density at radius 2 is 2.25 bits per heavy atom. The molecule has 20 heavy (non-hydrogen) atoms. The van der Waals surface area contributed by atoms with Gasteiger partial charge in [0.1, 0.15) is 11.3 Å². The van der Waals surface area contributed by atoms with Crippen molar-refractivity contribution in [3.8, 4) is 5.75 Å². The maximum Gasteiger partial charge on any atom is 0.178 e. The molecule has 0 radical (unpaired) electrons. The number of nitrogens with one attached hydrogen (secondary N) is 1. The average molecular weight is 290 g/mol. The number of para-hydroxylation sites is 1. The number of rotatable bonds is 7. The summed E-state index contributed by atoms with van der Waals surface area (Å²) in [6.07, 6.45) is 6.41. The van der Waals surface area contributed by atoms with Crippen molar-refractivity contribution in [3.63, 3.8) is 0 Å². The number of benzene rings is 1. The van der Waals surface area contributed by atoms with E-state index in [1.165, 1.54) is 31.2 Å². The van der Waals surface area contributed by atoms with Crippen molar-refractivity contribution in [3.05, 3.63) is 23.0 Å². The second-order valence-corrected chi connectivity index (χ2v) is 6.05. The number of fused-ring (bicyclic) bond motifs is 1. The molecule has 0 spiro atoms. The Morgan fingerprint density at radius 1 is 1.40 bits per heavy atom. The highest BCUT2D eigenvalue weighted by molar-refractivity contribution is 7.71. The quantitative estimate of drug-likeness (QED) is 0.750. The molecule has 1 aliphatic carbocycles. The normalized spacial score (nSPS) is 14.8. The fourth-order valence-electron chi connectivity index (χ4n) is 2.65. The summed E-state index contributed by atoms with van der Waals surface area (Å²) in [6.45, 7) is 3.87. The molecule has 3 rings (SSSR count). The predicted octanol–water partition coefficient (Wildman–Crippen LogP) is 4.68. The zero-order chi connectivity index (χ0) is 13.9. The van der Waals surface area contributed by atoms with Gasteiger partial charge in [0.05, 0.1) is 12.1 Å². The molecule has 1 aromatic heterocycles. The van der Waals surface area contributed by atoms with Crippen LogP contribution in [0.25, 0.3) is 11.0 Å². The fourth-order valence-corrected chi connectivity index (χ4v) is 2.94. The number of aromatic amines is 1. The minimum Gasteiger partial charge on any atom is -0.491 e. The van der Waals surface area contributed by atoms with E-state index < -0.39 is 0 Å². The van der Waals surface area contributed by atoms with Crippen molar-refractivity contribution < 1.29 is 4.74 Å². The van der Waals surface area contributed by atoms with Gasteiger partial charge in [0.2, 0.25) is 0 Å². The van der Waals surface area contributed by atoms with Crippen molar-refractivity contribution in [1.29, 1.82) is 0 Å². The summed E-state index contributed by atoms with van der Waals surface area (Å²) in [5.41, 5.74) is 2.21. The van der Waals surface area contributed by atoms with Crippen molar-refractivity contribution in [2.75, 3.05) is 6.61 Å². The highest BCUT2D eigenvalue weighted by Gasteiger charge is 2.20. The van der Waals surface area contributed by atoms with Crippen molar-refractivity contribution in [2.24, 2.45) is 5.92 Å². The van der Waals surface area contributed by atoms with Crippen molar-refractivity contribution in [2.45, 2.75) is 45.6 Å². The zero-order valence-corrected chi connectivity index (χ0v) is 12.8. The monoisotopic (exact) mass is 290 g/mol. The van der Waals surface area contributed by atoms with Crippen molar-refractivity contribution in [1.82, 2.24) is 9.55 Å². The van der Waals surface area contributed by atoms with Gasteiger partial charge >= 0.3 is 0 Å². The van der Waals surface area contributed by atoms with Gasteiger partial charge in [-0.2, -0.15) is 0 Å². The van der Waals surface area contributed by atoms with Gasteiger partial charge in [-0.1, -0.05) is 25.8 Å². The van der Waals surface area contributed by atoms with Crippen LogP contribution >= 0.6 is 12.2 Å². The van der Waals surface area contributed by atoms with Gasteiger partial charge in [-0.25, -0.2) is 0 Å². The lowest BCUT2D eigenvalue weighted by molar-refractivity contribution is 0.320. The molecule has 1 aliphatic rings. The first-order valence-corrected chi connectivity index (χ1v) is 8.04. The van der Waals surface area contributed by atoms with E-state index in [1.54, 1.807) is 0 Å². The largest absolute Gasteiger partial charge is 0.491 e. The first kappa shape index (κ1) is 13.7. The third-order valence-corrected chi connectivity index (χ3v) is 4.25. The van der Waals surface area contributed by atoms with E-state index >= 15 is 0 Å². The maximum atomic E-state index is 5.80. The number of ether oxygens (including phenoxy) is 1. The Labute approximate surface area is 125 Å². The van der Waals surface area contributed by atoms with Crippen molar-refractivity contribution >= 4 is 23.3 Å². The van der Waals surface area contributed by atoms with E-state index in [2.05, 4.69) is 22.5 Å². The van der Waals surface area contributed by atoms with Crippen LogP contribution in [0.4, 0.5) is 0 Å². The zero-order valence-electron chi connectivity index (χ0n) is 12.0. The van der Waals surface area contributed by atoms with Gasteiger partial charge in [-0.05, 0) is 49.5 Å². The lowest BCUT2D eigenvalue weighted by Gasteiger charge is -2.07. The van der Waals surface area contributed by atoms with E-state index in [9.17, 15) is 0 Å². The highest BCUT2D eigenvalue weighted by atomic mass is 32.1.